The molecule has 0 fully saturated rings. The number of thioether (sulfide) groups is 1. The number of carbonyl (C=O) groups is 1. The maximum absolute atomic E-state index is 12.2. The molecule has 1 unspecified atom stereocenters. The molecule has 100 valence electrons. The Bertz CT molecular complexity index is 643. The molecule has 0 spiro atoms. The Labute approximate surface area is 115 Å². The minimum Gasteiger partial charge on any atom is -0.293 e. The zero-order valence-corrected chi connectivity index (χ0v) is 11.8. The molecule has 0 amide bonds. The molecule has 0 radical (unpaired) electrons. The van der Waals surface area contributed by atoms with E-state index >= 15 is 0 Å². The van der Waals surface area contributed by atoms with Crippen LogP contribution in [0.2, 0.25) is 0 Å². The first-order chi connectivity index (χ1) is 8.99. The highest BCUT2D eigenvalue weighted by molar-refractivity contribution is 8.00. The molecule has 0 aliphatic heterocycles. The van der Waals surface area contributed by atoms with Gasteiger partial charge in [0.25, 0.3) is 0 Å². The SMILES string of the molecule is Cc1ccc(C(=O)C(C)Sc2n[nH]c(=O)n2C)cc1. The van der Waals surface area contributed by atoms with Crippen LogP contribution in [0.5, 0.6) is 0 Å². The quantitative estimate of drug-likeness (QED) is 0.683. The lowest BCUT2D eigenvalue weighted by atomic mass is 10.1. The molecule has 1 atom stereocenters. The summed E-state index contributed by atoms with van der Waals surface area (Å²) in [6.45, 7) is 3.79. The first kappa shape index (κ1) is 13.6. The van der Waals surface area contributed by atoms with Gasteiger partial charge in [0.15, 0.2) is 10.9 Å². The van der Waals surface area contributed by atoms with Crippen LogP contribution in [-0.2, 0) is 7.05 Å². The van der Waals surface area contributed by atoms with Gasteiger partial charge in [0.2, 0.25) is 0 Å². The fourth-order valence-corrected chi connectivity index (χ4v) is 2.50. The number of aryl methyl sites for hydroxylation is 1. The average Bonchev–Trinajstić information content (AvgIpc) is 2.71. The molecule has 6 heteroatoms. The van der Waals surface area contributed by atoms with Gasteiger partial charge in [0.05, 0.1) is 5.25 Å². The molecule has 2 aromatic rings. The van der Waals surface area contributed by atoms with Crippen molar-refractivity contribution in [3.05, 3.63) is 45.9 Å². The van der Waals surface area contributed by atoms with Crippen LogP contribution in [0.15, 0.2) is 34.2 Å². The lowest BCUT2D eigenvalue weighted by Gasteiger charge is -2.09. The maximum atomic E-state index is 12.2. The molecule has 2 rings (SSSR count). The molecule has 0 bridgehead atoms. The molecular weight excluding hydrogens is 262 g/mol. The molecule has 0 aliphatic rings. The van der Waals surface area contributed by atoms with Gasteiger partial charge in [0.1, 0.15) is 0 Å². The van der Waals surface area contributed by atoms with E-state index in [1.807, 2.05) is 38.1 Å². The van der Waals surface area contributed by atoms with Crippen molar-refractivity contribution in [2.75, 3.05) is 0 Å². The lowest BCUT2D eigenvalue weighted by Crippen LogP contribution is -2.16. The normalized spacial score (nSPS) is 12.4. The Kier molecular flexibility index (Phi) is 3.90. The number of nitrogens with one attached hydrogen (secondary N) is 1. The van der Waals surface area contributed by atoms with Crippen molar-refractivity contribution in [2.24, 2.45) is 7.05 Å². The summed E-state index contributed by atoms with van der Waals surface area (Å²) in [6, 6.07) is 7.46. The predicted octanol–water partition coefficient (Wildman–Crippen LogP) is 1.78. The van der Waals surface area contributed by atoms with Gasteiger partial charge in [-0.05, 0) is 13.8 Å². The number of nitrogens with zero attached hydrogens (tertiary/aromatic N) is 2. The first-order valence-electron chi connectivity index (χ1n) is 5.88. The Morgan fingerprint density at radius 1 is 1.37 bits per heavy atom. The number of rotatable bonds is 4. The third-order valence-corrected chi connectivity index (χ3v) is 3.97. The van der Waals surface area contributed by atoms with E-state index < -0.39 is 0 Å². The summed E-state index contributed by atoms with van der Waals surface area (Å²) in [5, 5.41) is 6.45. The van der Waals surface area contributed by atoms with Gasteiger partial charge in [-0.3, -0.25) is 9.36 Å². The fraction of sp³-hybridized carbons (Fsp3) is 0.308. The van der Waals surface area contributed by atoms with Crippen LogP contribution in [0.1, 0.15) is 22.8 Å². The van der Waals surface area contributed by atoms with E-state index in [0.717, 1.165) is 5.56 Å². The number of Topliss-reactive ketones (excluding diaryl/α,β-unsaturated/α-hetero) is 1. The van der Waals surface area contributed by atoms with Gasteiger partial charge < -0.3 is 0 Å². The van der Waals surface area contributed by atoms with Gasteiger partial charge in [-0.15, -0.1) is 5.10 Å². The van der Waals surface area contributed by atoms with E-state index in [-0.39, 0.29) is 16.7 Å². The van der Waals surface area contributed by atoms with Gasteiger partial charge in [-0.1, -0.05) is 41.6 Å². The Hall–Kier alpha value is -1.82. The van der Waals surface area contributed by atoms with E-state index in [2.05, 4.69) is 10.2 Å². The third kappa shape index (κ3) is 2.96. The summed E-state index contributed by atoms with van der Waals surface area (Å²) in [6.07, 6.45) is 0. The van der Waals surface area contributed by atoms with Crippen LogP contribution in [-0.4, -0.2) is 25.8 Å². The van der Waals surface area contributed by atoms with Gasteiger partial charge >= 0.3 is 5.69 Å². The highest BCUT2D eigenvalue weighted by Gasteiger charge is 2.19. The van der Waals surface area contributed by atoms with E-state index in [4.69, 9.17) is 0 Å². The Balaban J connectivity index is 2.14. The van der Waals surface area contributed by atoms with Gasteiger partial charge in [-0.25, -0.2) is 9.89 Å². The highest BCUT2D eigenvalue weighted by Crippen LogP contribution is 2.22. The maximum Gasteiger partial charge on any atom is 0.343 e. The molecule has 5 nitrogen and oxygen atoms in total. The molecular formula is C13H15N3O2S. The van der Waals surface area contributed by atoms with Crippen LogP contribution in [0.25, 0.3) is 0 Å². The number of aromatic amines is 1. The number of H-pyrrole nitrogens is 1. The summed E-state index contributed by atoms with van der Waals surface area (Å²) in [7, 11) is 1.62. The molecule has 1 aromatic heterocycles. The first-order valence-corrected chi connectivity index (χ1v) is 6.76. The number of benzene rings is 1. The van der Waals surface area contributed by atoms with E-state index in [1.54, 1.807) is 7.05 Å². The summed E-state index contributed by atoms with van der Waals surface area (Å²) in [4.78, 5) is 23.5. The number of ketones is 1. The number of hydrogen-bond acceptors (Lipinski definition) is 4. The van der Waals surface area contributed by atoms with E-state index in [0.29, 0.717) is 10.7 Å². The fourth-order valence-electron chi connectivity index (χ4n) is 1.60. The average molecular weight is 277 g/mol. The highest BCUT2D eigenvalue weighted by atomic mass is 32.2. The van der Waals surface area contributed by atoms with E-state index in [9.17, 15) is 9.59 Å². The second-order valence-electron chi connectivity index (χ2n) is 4.36. The van der Waals surface area contributed by atoms with Gasteiger partial charge in [0, 0.05) is 12.6 Å². The van der Waals surface area contributed by atoms with Crippen molar-refractivity contribution in [2.45, 2.75) is 24.3 Å². The van der Waals surface area contributed by atoms with Crippen LogP contribution in [0, 0.1) is 6.92 Å². The zero-order chi connectivity index (χ0) is 14.0. The van der Waals surface area contributed by atoms with Crippen LogP contribution in [0.4, 0.5) is 0 Å². The predicted molar refractivity (Wildman–Crippen MR) is 74.7 cm³/mol. The summed E-state index contributed by atoms with van der Waals surface area (Å²) in [5.74, 6) is 0.0282. The Morgan fingerprint density at radius 3 is 2.53 bits per heavy atom. The molecule has 1 aromatic carbocycles. The summed E-state index contributed by atoms with van der Waals surface area (Å²) in [5.41, 5.74) is 1.51. The van der Waals surface area contributed by atoms with Crippen molar-refractivity contribution < 1.29 is 4.79 Å². The smallest absolute Gasteiger partial charge is 0.293 e. The van der Waals surface area contributed by atoms with Crippen molar-refractivity contribution in [3.63, 3.8) is 0 Å². The molecule has 19 heavy (non-hydrogen) atoms. The second-order valence-corrected chi connectivity index (χ2v) is 5.67. The largest absolute Gasteiger partial charge is 0.343 e. The van der Waals surface area contributed by atoms with E-state index in [1.165, 1.54) is 16.3 Å². The molecule has 0 saturated carbocycles. The van der Waals surface area contributed by atoms with Gasteiger partial charge in [-0.2, -0.15) is 0 Å². The van der Waals surface area contributed by atoms with Crippen molar-refractivity contribution in [3.8, 4) is 0 Å². The summed E-state index contributed by atoms with van der Waals surface area (Å²) >= 11 is 1.27. The minimum absolute atomic E-state index is 0.0282. The number of carbonyl (C=O) groups excluding carboxylic acids is 1. The second kappa shape index (κ2) is 5.44. The topological polar surface area (TPSA) is 67.8 Å². The standard InChI is InChI=1S/C13H15N3O2S/c1-8-4-6-10(7-5-8)11(17)9(2)19-13-15-14-12(18)16(13)3/h4-7,9H,1-3H3,(H,14,18). The minimum atomic E-state index is -0.295. The Morgan fingerprint density at radius 2 is 2.00 bits per heavy atom. The van der Waals surface area contributed by atoms with Crippen LogP contribution >= 0.6 is 11.8 Å². The number of aromatic nitrogens is 3. The molecule has 1 N–H and O–H groups in total. The zero-order valence-electron chi connectivity index (χ0n) is 11.0. The molecule has 0 saturated heterocycles. The van der Waals surface area contributed by atoms with Crippen LogP contribution < -0.4 is 5.69 Å². The summed E-state index contributed by atoms with van der Waals surface area (Å²) < 4.78 is 1.39. The monoisotopic (exact) mass is 277 g/mol. The number of hydrogen-bond donors (Lipinski definition) is 1. The lowest BCUT2D eigenvalue weighted by molar-refractivity contribution is 0.0994. The van der Waals surface area contributed by atoms with Crippen molar-refractivity contribution in [1.82, 2.24) is 14.8 Å². The van der Waals surface area contributed by atoms with Crippen molar-refractivity contribution in [1.29, 1.82) is 0 Å². The third-order valence-electron chi connectivity index (χ3n) is 2.83. The van der Waals surface area contributed by atoms with Crippen LogP contribution in [0.3, 0.4) is 0 Å². The molecule has 1 heterocycles. The molecule has 0 aliphatic carbocycles. The van der Waals surface area contributed by atoms with Crippen molar-refractivity contribution >= 4 is 17.5 Å².